The topological polar surface area (TPSA) is 84.1 Å². The molecule has 154 valence electrons. The van der Waals surface area contributed by atoms with Gasteiger partial charge in [-0.1, -0.05) is 48.9 Å². The lowest BCUT2D eigenvalue weighted by atomic mass is 10.2. The Kier molecular flexibility index (Phi) is 6.51. The van der Waals surface area contributed by atoms with E-state index in [-0.39, 0.29) is 15.7 Å². The lowest BCUT2D eigenvalue weighted by Gasteiger charge is -2.16. The summed E-state index contributed by atoms with van der Waals surface area (Å²) in [5.41, 5.74) is 1.68. The van der Waals surface area contributed by atoms with Gasteiger partial charge in [0.2, 0.25) is 10.0 Å². The second kappa shape index (κ2) is 8.89. The molecule has 0 saturated heterocycles. The van der Waals surface area contributed by atoms with Crippen LogP contribution in [0, 0.1) is 0 Å². The average molecular weight is 442 g/mol. The molecule has 0 aliphatic heterocycles. The Bertz CT molecular complexity index is 1080. The number of sulfonamides is 1. The number of hydrogen-bond acceptors (Lipinski definition) is 4. The molecule has 0 amide bonds. The van der Waals surface area contributed by atoms with Crippen LogP contribution in [0.1, 0.15) is 25.2 Å². The number of rotatable bonds is 8. The average Bonchev–Trinajstić information content (AvgIpc) is 3.18. The molecule has 3 aromatic rings. The standard InChI is InChI=1S/C19H18ClF2N3O3S/c1-2-15(18-23-11-16(24-18)12-6-4-3-5-7-12)25-29(26,27)13-8-9-17(14(20)10-13)28-19(21)22/h3-11,15,19,25H,2H2,1H3,(H,23,24). The summed E-state index contributed by atoms with van der Waals surface area (Å²) in [6.45, 7) is -1.25. The minimum absolute atomic E-state index is 0.169. The molecule has 3 rings (SSSR count). The molecule has 0 saturated carbocycles. The van der Waals surface area contributed by atoms with Crippen LogP contribution in [0.3, 0.4) is 0 Å². The Morgan fingerprint density at radius 1 is 1.21 bits per heavy atom. The molecular formula is C19H18ClF2N3O3S. The number of nitrogens with one attached hydrogen (secondary N) is 2. The Hall–Kier alpha value is -2.49. The van der Waals surface area contributed by atoms with Gasteiger partial charge in [-0.2, -0.15) is 8.78 Å². The number of halogens is 3. The Morgan fingerprint density at radius 2 is 1.93 bits per heavy atom. The Labute approximate surface area is 171 Å². The SMILES string of the molecule is CCC(NS(=O)(=O)c1ccc(OC(F)F)c(Cl)c1)c1ncc(-c2ccccc2)[nH]1. The number of aromatic amines is 1. The molecule has 29 heavy (non-hydrogen) atoms. The smallest absolute Gasteiger partial charge is 0.387 e. The van der Waals surface area contributed by atoms with E-state index < -0.39 is 22.7 Å². The fourth-order valence-electron chi connectivity index (χ4n) is 2.71. The molecule has 6 nitrogen and oxygen atoms in total. The third kappa shape index (κ3) is 5.11. The summed E-state index contributed by atoms with van der Waals surface area (Å²) in [5.74, 6) is 0.157. The maximum Gasteiger partial charge on any atom is 0.387 e. The summed E-state index contributed by atoms with van der Waals surface area (Å²) >= 11 is 5.87. The minimum Gasteiger partial charge on any atom is -0.433 e. The van der Waals surface area contributed by atoms with Crippen LogP contribution in [0.4, 0.5) is 8.78 Å². The highest BCUT2D eigenvalue weighted by Crippen LogP contribution is 2.29. The van der Waals surface area contributed by atoms with Gasteiger partial charge in [0.15, 0.2) is 0 Å². The van der Waals surface area contributed by atoms with Crippen molar-refractivity contribution >= 4 is 21.6 Å². The minimum atomic E-state index is -3.98. The zero-order chi connectivity index (χ0) is 21.0. The summed E-state index contributed by atoms with van der Waals surface area (Å²) in [5, 5.41) is -0.231. The molecular weight excluding hydrogens is 424 g/mol. The summed E-state index contributed by atoms with van der Waals surface area (Å²) in [6, 6.07) is 12.2. The molecule has 1 aromatic heterocycles. The van der Waals surface area contributed by atoms with Crippen molar-refractivity contribution in [3.8, 4) is 17.0 Å². The summed E-state index contributed by atoms with van der Waals surface area (Å²) in [4.78, 5) is 7.25. The number of H-pyrrole nitrogens is 1. The maximum atomic E-state index is 12.7. The van der Waals surface area contributed by atoms with Gasteiger partial charge in [0.1, 0.15) is 11.6 Å². The monoisotopic (exact) mass is 441 g/mol. The van der Waals surface area contributed by atoms with Crippen molar-refractivity contribution in [3.63, 3.8) is 0 Å². The van der Waals surface area contributed by atoms with Crippen molar-refractivity contribution < 1.29 is 21.9 Å². The van der Waals surface area contributed by atoms with Gasteiger partial charge in [-0.15, -0.1) is 0 Å². The van der Waals surface area contributed by atoms with Crippen LogP contribution in [0.15, 0.2) is 59.6 Å². The Balaban J connectivity index is 1.81. The molecule has 1 atom stereocenters. The second-order valence-corrected chi connectivity index (χ2v) is 8.22. The van der Waals surface area contributed by atoms with Crippen LogP contribution in [-0.2, 0) is 10.0 Å². The molecule has 0 fully saturated rings. The van der Waals surface area contributed by atoms with Crippen molar-refractivity contribution in [3.05, 3.63) is 65.6 Å². The molecule has 0 radical (unpaired) electrons. The van der Waals surface area contributed by atoms with E-state index in [1.54, 1.807) is 6.20 Å². The lowest BCUT2D eigenvalue weighted by molar-refractivity contribution is -0.0498. The van der Waals surface area contributed by atoms with E-state index in [1.807, 2.05) is 37.3 Å². The van der Waals surface area contributed by atoms with Crippen molar-refractivity contribution in [2.75, 3.05) is 0 Å². The molecule has 0 aliphatic carbocycles. The Morgan fingerprint density at radius 3 is 2.55 bits per heavy atom. The largest absolute Gasteiger partial charge is 0.433 e. The van der Waals surface area contributed by atoms with Crippen LogP contribution in [0.2, 0.25) is 5.02 Å². The van der Waals surface area contributed by atoms with E-state index in [1.165, 1.54) is 0 Å². The highest BCUT2D eigenvalue weighted by molar-refractivity contribution is 7.89. The van der Waals surface area contributed by atoms with E-state index in [0.29, 0.717) is 12.2 Å². The maximum absolute atomic E-state index is 12.7. The van der Waals surface area contributed by atoms with Gasteiger partial charge in [0.05, 0.1) is 27.9 Å². The number of hydrogen-bond donors (Lipinski definition) is 2. The second-order valence-electron chi connectivity index (χ2n) is 6.10. The number of imidazole rings is 1. The van der Waals surface area contributed by atoms with Gasteiger partial charge in [-0.05, 0) is 30.2 Å². The molecule has 2 N–H and O–H groups in total. The highest BCUT2D eigenvalue weighted by atomic mass is 35.5. The van der Waals surface area contributed by atoms with Crippen molar-refractivity contribution in [1.29, 1.82) is 0 Å². The van der Waals surface area contributed by atoms with Crippen LogP contribution < -0.4 is 9.46 Å². The first-order valence-corrected chi connectivity index (χ1v) is 10.5. The summed E-state index contributed by atoms with van der Waals surface area (Å²) < 4.78 is 57.0. The predicted molar refractivity (Wildman–Crippen MR) is 105 cm³/mol. The fraction of sp³-hybridized carbons (Fsp3) is 0.211. The zero-order valence-electron chi connectivity index (χ0n) is 15.3. The molecule has 0 aliphatic rings. The number of aromatic nitrogens is 2. The number of ether oxygens (including phenoxy) is 1. The lowest BCUT2D eigenvalue weighted by Crippen LogP contribution is -2.29. The predicted octanol–water partition coefficient (Wildman–Crippen LogP) is 4.76. The highest BCUT2D eigenvalue weighted by Gasteiger charge is 2.24. The number of nitrogens with zero attached hydrogens (tertiary/aromatic N) is 1. The molecule has 1 unspecified atom stereocenters. The van der Waals surface area contributed by atoms with E-state index in [2.05, 4.69) is 19.4 Å². The fourth-order valence-corrected chi connectivity index (χ4v) is 4.31. The molecule has 10 heteroatoms. The summed E-state index contributed by atoms with van der Waals surface area (Å²) in [7, 11) is -3.98. The first kappa shape index (κ1) is 21.2. The third-order valence-corrected chi connectivity index (χ3v) is 5.91. The quantitative estimate of drug-likeness (QED) is 0.527. The van der Waals surface area contributed by atoms with Crippen LogP contribution in [0.5, 0.6) is 5.75 Å². The van der Waals surface area contributed by atoms with Crippen molar-refractivity contribution in [2.45, 2.75) is 30.9 Å². The van der Waals surface area contributed by atoms with E-state index >= 15 is 0 Å². The van der Waals surface area contributed by atoms with Gasteiger partial charge < -0.3 is 9.72 Å². The number of alkyl halides is 2. The van der Waals surface area contributed by atoms with Gasteiger partial charge >= 0.3 is 6.61 Å². The van der Waals surface area contributed by atoms with E-state index in [9.17, 15) is 17.2 Å². The molecule has 0 bridgehead atoms. The van der Waals surface area contributed by atoms with Crippen LogP contribution >= 0.6 is 11.6 Å². The first-order chi connectivity index (χ1) is 13.8. The normalized spacial score (nSPS) is 12.9. The van der Waals surface area contributed by atoms with Gasteiger partial charge in [-0.25, -0.2) is 18.1 Å². The molecule has 1 heterocycles. The van der Waals surface area contributed by atoms with Gasteiger partial charge in [0, 0.05) is 0 Å². The first-order valence-electron chi connectivity index (χ1n) is 8.67. The van der Waals surface area contributed by atoms with Crippen molar-refractivity contribution in [2.24, 2.45) is 0 Å². The van der Waals surface area contributed by atoms with Gasteiger partial charge in [-0.3, -0.25) is 0 Å². The zero-order valence-corrected chi connectivity index (χ0v) is 16.8. The molecule has 0 spiro atoms. The summed E-state index contributed by atoms with van der Waals surface area (Å²) in [6.07, 6.45) is 2.07. The van der Waals surface area contributed by atoms with Crippen LogP contribution in [-0.4, -0.2) is 25.0 Å². The molecule has 2 aromatic carbocycles. The van der Waals surface area contributed by atoms with Crippen molar-refractivity contribution in [1.82, 2.24) is 14.7 Å². The third-order valence-electron chi connectivity index (χ3n) is 4.15. The van der Waals surface area contributed by atoms with E-state index in [0.717, 1.165) is 29.5 Å². The number of benzene rings is 2. The van der Waals surface area contributed by atoms with Crippen LogP contribution in [0.25, 0.3) is 11.3 Å². The van der Waals surface area contributed by atoms with E-state index in [4.69, 9.17) is 11.6 Å². The van der Waals surface area contributed by atoms with Gasteiger partial charge in [0.25, 0.3) is 0 Å².